The summed E-state index contributed by atoms with van der Waals surface area (Å²) in [5.74, 6) is 0. The third-order valence-corrected chi connectivity index (χ3v) is 2.60. The number of benzene rings is 1. The SMILES string of the molecule is [B]c1ccc2c(c1)CN(C(=O)OC(C)(C)C)C2. The van der Waals surface area contributed by atoms with E-state index in [0.29, 0.717) is 13.1 Å². The topological polar surface area (TPSA) is 29.5 Å². The van der Waals surface area contributed by atoms with E-state index in [9.17, 15) is 4.79 Å². The van der Waals surface area contributed by atoms with Gasteiger partial charge >= 0.3 is 6.09 Å². The largest absolute Gasteiger partial charge is 0.444 e. The Bertz CT molecular complexity index is 451. The molecule has 0 aliphatic carbocycles. The van der Waals surface area contributed by atoms with Crippen LogP contribution in [0.1, 0.15) is 31.9 Å². The summed E-state index contributed by atoms with van der Waals surface area (Å²) in [5, 5.41) is 0. The third kappa shape index (κ3) is 2.81. The van der Waals surface area contributed by atoms with Crippen molar-refractivity contribution in [3.05, 3.63) is 29.3 Å². The summed E-state index contributed by atoms with van der Waals surface area (Å²) in [5.41, 5.74) is 2.53. The zero-order chi connectivity index (χ0) is 12.6. The lowest BCUT2D eigenvalue weighted by Gasteiger charge is -2.24. The van der Waals surface area contributed by atoms with Crippen LogP contribution in [0.4, 0.5) is 4.79 Å². The first-order valence-electron chi connectivity index (χ1n) is 5.70. The lowest BCUT2D eigenvalue weighted by molar-refractivity contribution is 0.0242. The molecule has 2 rings (SSSR count). The van der Waals surface area contributed by atoms with E-state index in [1.54, 1.807) is 4.90 Å². The summed E-state index contributed by atoms with van der Waals surface area (Å²) in [6.45, 7) is 6.78. The molecule has 0 saturated heterocycles. The van der Waals surface area contributed by atoms with Gasteiger partial charge in [-0.3, -0.25) is 4.90 Å². The van der Waals surface area contributed by atoms with Gasteiger partial charge in [-0.25, -0.2) is 4.79 Å². The Morgan fingerprint density at radius 2 is 1.94 bits per heavy atom. The predicted molar refractivity (Wildman–Crippen MR) is 67.3 cm³/mol. The molecule has 1 aromatic carbocycles. The zero-order valence-electron chi connectivity index (χ0n) is 10.5. The number of hydrogen-bond donors (Lipinski definition) is 0. The molecule has 1 aliphatic heterocycles. The molecule has 1 amide bonds. The van der Waals surface area contributed by atoms with Gasteiger partial charge in [-0.05, 0) is 31.9 Å². The Morgan fingerprint density at radius 3 is 2.59 bits per heavy atom. The molecule has 0 spiro atoms. The summed E-state index contributed by atoms with van der Waals surface area (Å²) in [6.07, 6.45) is -0.271. The lowest BCUT2D eigenvalue weighted by atomic mass is 9.93. The molecule has 1 aliphatic rings. The number of amides is 1. The molecule has 1 heterocycles. The van der Waals surface area contributed by atoms with Crippen LogP contribution in [-0.4, -0.2) is 24.4 Å². The molecular formula is C13H16BNO2. The van der Waals surface area contributed by atoms with E-state index in [4.69, 9.17) is 12.6 Å². The van der Waals surface area contributed by atoms with E-state index in [2.05, 4.69) is 0 Å². The molecule has 0 atom stereocenters. The van der Waals surface area contributed by atoms with Crippen molar-refractivity contribution < 1.29 is 9.53 Å². The number of carbonyl (C=O) groups excluding carboxylic acids is 1. The fourth-order valence-corrected chi connectivity index (χ4v) is 1.87. The standard InChI is InChI=1S/C13H16BNO2/c1-13(2,3)17-12(16)15-7-9-4-5-11(14)6-10(9)8-15/h4-6H,7-8H2,1-3H3. The van der Waals surface area contributed by atoms with Crippen molar-refractivity contribution in [2.75, 3.05) is 0 Å². The maximum absolute atomic E-state index is 11.9. The second kappa shape index (κ2) is 4.10. The van der Waals surface area contributed by atoms with E-state index in [1.807, 2.05) is 39.0 Å². The second-order valence-corrected chi connectivity index (χ2v) is 5.36. The third-order valence-electron chi connectivity index (χ3n) is 2.60. The average molecular weight is 229 g/mol. The van der Waals surface area contributed by atoms with Crippen LogP contribution in [0.25, 0.3) is 0 Å². The van der Waals surface area contributed by atoms with Gasteiger partial charge in [-0.15, -0.1) is 0 Å². The second-order valence-electron chi connectivity index (χ2n) is 5.36. The first-order valence-corrected chi connectivity index (χ1v) is 5.70. The monoisotopic (exact) mass is 229 g/mol. The highest BCUT2D eigenvalue weighted by atomic mass is 16.6. The Balaban J connectivity index is 2.07. The van der Waals surface area contributed by atoms with Gasteiger partial charge < -0.3 is 4.74 Å². The fourth-order valence-electron chi connectivity index (χ4n) is 1.87. The number of nitrogens with zero attached hydrogens (tertiary/aromatic N) is 1. The average Bonchev–Trinajstić information content (AvgIpc) is 2.57. The highest BCUT2D eigenvalue weighted by Gasteiger charge is 2.27. The van der Waals surface area contributed by atoms with Gasteiger partial charge in [0.05, 0.1) is 0 Å². The Hall–Kier alpha value is -1.45. The minimum Gasteiger partial charge on any atom is -0.444 e. The van der Waals surface area contributed by atoms with Crippen molar-refractivity contribution in [2.24, 2.45) is 0 Å². The Kier molecular flexibility index (Phi) is 2.90. The van der Waals surface area contributed by atoms with Crippen molar-refractivity contribution in [1.29, 1.82) is 0 Å². The zero-order valence-corrected chi connectivity index (χ0v) is 10.5. The first-order chi connectivity index (χ1) is 7.85. The molecule has 1 aromatic rings. The van der Waals surface area contributed by atoms with Crippen LogP contribution in [0.2, 0.25) is 0 Å². The maximum atomic E-state index is 11.9. The Labute approximate surface area is 103 Å². The molecular weight excluding hydrogens is 213 g/mol. The van der Waals surface area contributed by atoms with E-state index in [-0.39, 0.29) is 6.09 Å². The van der Waals surface area contributed by atoms with Crippen LogP contribution in [0.3, 0.4) is 0 Å². The summed E-state index contributed by atoms with van der Waals surface area (Å²) < 4.78 is 5.34. The highest BCUT2D eigenvalue weighted by molar-refractivity contribution is 6.32. The number of ether oxygens (including phenoxy) is 1. The van der Waals surface area contributed by atoms with Gasteiger partial charge in [-0.2, -0.15) is 0 Å². The summed E-state index contributed by atoms with van der Waals surface area (Å²) in [6, 6.07) is 5.74. The van der Waals surface area contributed by atoms with E-state index < -0.39 is 5.60 Å². The van der Waals surface area contributed by atoms with Crippen LogP contribution in [-0.2, 0) is 17.8 Å². The molecule has 2 radical (unpaired) electrons. The van der Waals surface area contributed by atoms with E-state index >= 15 is 0 Å². The Morgan fingerprint density at radius 1 is 1.29 bits per heavy atom. The van der Waals surface area contributed by atoms with Crippen LogP contribution in [0, 0.1) is 0 Å². The highest BCUT2D eigenvalue weighted by Crippen LogP contribution is 2.23. The van der Waals surface area contributed by atoms with Crippen molar-refractivity contribution >= 4 is 19.4 Å². The minimum absolute atomic E-state index is 0.271. The molecule has 17 heavy (non-hydrogen) atoms. The summed E-state index contributed by atoms with van der Waals surface area (Å²) >= 11 is 0. The predicted octanol–water partition coefficient (Wildman–Crippen LogP) is 1.73. The smallest absolute Gasteiger partial charge is 0.410 e. The van der Waals surface area contributed by atoms with Gasteiger partial charge in [0.25, 0.3) is 0 Å². The maximum Gasteiger partial charge on any atom is 0.410 e. The molecule has 0 bridgehead atoms. The van der Waals surface area contributed by atoms with Crippen molar-refractivity contribution in [1.82, 2.24) is 4.90 Å². The van der Waals surface area contributed by atoms with Crippen molar-refractivity contribution in [3.63, 3.8) is 0 Å². The number of carbonyl (C=O) groups is 1. The molecule has 0 N–H and O–H groups in total. The molecule has 0 aromatic heterocycles. The van der Waals surface area contributed by atoms with Crippen LogP contribution < -0.4 is 5.46 Å². The van der Waals surface area contributed by atoms with Crippen molar-refractivity contribution in [3.8, 4) is 0 Å². The summed E-state index contributed by atoms with van der Waals surface area (Å²) in [4.78, 5) is 13.6. The number of hydrogen-bond acceptors (Lipinski definition) is 2. The number of rotatable bonds is 0. The van der Waals surface area contributed by atoms with Crippen molar-refractivity contribution in [2.45, 2.75) is 39.5 Å². The van der Waals surface area contributed by atoms with Crippen LogP contribution >= 0.6 is 0 Å². The minimum atomic E-state index is -0.453. The van der Waals surface area contributed by atoms with Gasteiger partial charge in [0, 0.05) is 13.1 Å². The molecule has 3 nitrogen and oxygen atoms in total. The molecule has 0 fully saturated rings. The molecule has 0 unspecified atom stereocenters. The lowest BCUT2D eigenvalue weighted by Crippen LogP contribution is -2.33. The van der Waals surface area contributed by atoms with Crippen LogP contribution in [0.5, 0.6) is 0 Å². The van der Waals surface area contributed by atoms with Gasteiger partial charge in [0.15, 0.2) is 0 Å². The van der Waals surface area contributed by atoms with E-state index in [1.165, 1.54) is 0 Å². The fraction of sp³-hybridized carbons (Fsp3) is 0.462. The quantitative estimate of drug-likeness (QED) is 0.634. The van der Waals surface area contributed by atoms with Gasteiger partial charge in [0.2, 0.25) is 0 Å². The normalized spacial score (nSPS) is 14.6. The molecule has 88 valence electrons. The first kappa shape index (κ1) is 12.0. The van der Waals surface area contributed by atoms with E-state index in [0.717, 1.165) is 16.6 Å². The summed E-state index contributed by atoms with van der Waals surface area (Å²) in [7, 11) is 5.72. The van der Waals surface area contributed by atoms with Gasteiger partial charge in [-0.1, -0.05) is 23.7 Å². The van der Waals surface area contributed by atoms with Crippen LogP contribution in [0.15, 0.2) is 18.2 Å². The van der Waals surface area contributed by atoms with Gasteiger partial charge in [0.1, 0.15) is 13.4 Å². The molecule has 0 saturated carbocycles. The molecule has 4 heteroatoms. The number of fused-ring (bicyclic) bond motifs is 1.